The maximum absolute atomic E-state index is 12.3. The van der Waals surface area contributed by atoms with Crippen LogP contribution in [0.1, 0.15) is 30.8 Å². The first kappa shape index (κ1) is 18.5. The Kier molecular flexibility index (Phi) is 5.32. The maximum atomic E-state index is 12.3. The largest absolute Gasteiger partial charge is 0.450 e. The highest BCUT2D eigenvalue weighted by Gasteiger charge is 2.26. The van der Waals surface area contributed by atoms with Gasteiger partial charge in [0.25, 0.3) is 5.91 Å². The van der Waals surface area contributed by atoms with Crippen LogP contribution < -0.4 is 5.43 Å². The van der Waals surface area contributed by atoms with E-state index < -0.39 is 11.4 Å². The van der Waals surface area contributed by atoms with Gasteiger partial charge in [0.2, 0.25) is 5.76 Å². The quantitative estimate of drug-likeness (QED) is 0.768. The number of rotatable bonds is 3. The highest BCUT2D eigenvalue weighted by atomic mass is 35.5. The highest BCUT2D eigenvalue weighted by Crippen LogP contribution is 2.21. The highest BCUT2D eigenvalue weighted by molar-refractivity contribution is 6.31. The fourth-order valence-electron chi connectivity index (χ4n) is 3.39. The zero-order valence-corrected chi connectivity index (χ0v) is 15.4. The van der Waals surface area contributed by atoms with Crippen LogP contribution >= 0.6 is 11.6 Å². The second kappa shape index (κ2) is 7.50. The molecule has 1 aromatic heterocycles. The number of likely N-dealkylation sites (tertiary alicyclic amines) is 1. The summed E-state index contributed by atoms with van der Waals surface area (Å²) in [7, 11) is 0. The summed E-state index contributed by atoms with van der Waals surface area (Å²) in [4.78, 5) is 38.3. The number of piperidine rings is 1. The predicted octanol–water partition coefficient (Wildman–Crippen LogP) is 3.11. The van der Waals surface area contributed by atoms with Gasteiger partial charge in [-0.25, -0.2) is 4.79 Å². The second-order valence-corrected chi connectivity index (χ2v) is 7.37. The number of carbonyl (C=O) groups excluding carboxylic acids is 2. The van der Waals surface area contributed by atoms with Gasteiger partial charge >= 0.3 is 5.97 Å². The standard InChI is InChI=1S/C19H20ClNO5/c1-11-5-12(2)9-21(8-11)18(23)10-25-19(24)17-7-15(22)14-6-13(20)3-4-16(14)26-17/h3-4,6-7,11-12H,5,8-10H2,1-2H3/t11-,12-/m1/s1. The van der Waals surface area contributed by atoms with E-state index >= 15 is 0 Å². The molecule has 0 spiro atoms. The van der Waals surface area contributed by atoms with Gasteiger partial charge in [0.1, 0.15) is 5.58 Å². The van der Waals surface area contributed by atoms with E-state index in [1.807, 2.05) is 0 Å². The van der Waals surface area contributed by atoms with Crippen molar-refractivity contribution in [3.8, 4) is 0 Å². The van der Waals surface area contributed by atoms with Gasteiger partial charge < -0.3 is 14.1 Å². The van der Waals surface area contributed by atoms with Crippen molar-refractivity contribution in [2.75, 3.05) is 19.7 Å². The molecule has 2 atom stereocenters. The Morgan fingerprint density at radius 2 is 1.92 bits per heavy atom. The molecule has 0 bridgehead atoms. The minimum absolute atomic E-state index is 0.235. The van der Waals surface area contributed by atoms with Crippen molar-refractivity contribution in [2.45, 2.75) is 20.3 Å². The third kappa shape index (κ3) is 4.07. The van der Waals surface area contributed by atoms with Gasteiger partial charge in [0, 0.05) is 24.2 Å². The summed E-state index contributed by atoms with van der Waals surface area (Å²) in [5.41, 5.74) is -0.162. The van der Waals surface area contributed by atoms with Crippen molar-refractivity contribution < 1.29 is 18.7 Å². The number of halogens is 1. The van der Waals surface area contributed by atoms with Crippen LogP contribution in [0, 0.1) is 11.8 Å². The molecule has 1 amide bonds. The zero-order valence-electron chi connectivity index (χ0n) is 14.7. The summed E-state index contributed by atoms with van der Waals surface area (Å²) in [6, 6.07) is 5.60. The topological polar surface area (TPSA) is 76.8 Å². The molecule has 7 heteroatoms. The average Bonchev–Trinajstić information content (AvgIpc) is 2.59. The Bertz CT molecular complexity index is 896. The lowest BCUT2D eigenvalue weighted by molar-refractivity contribution is -0.137. The van der Waals surface area contributed by atoms with E-state index in [0.717, 1.165) is 12.5 Å². The lowest BCUT2D eigenvalue weighted by Crippen LogP contribution is -2.44. The van der Waals surface area contributed by atoms with E-state index in [1.54, 1.807) is 11.0 Å². The monoisotopic (exact) mass is 377 g/mol. The van der Waals surface area contributed by atoms with E-state index in [0.29, 0.717) is 29.9 Å². The number of fused-ring (bicyclic) bond motifs is 1. The number of carbonyl (C=O) groups is 2. The van der Waals surface area contributed by atoms with Gasteiger partial charge in [-0.15, -0.1) is 0 Å². The third-order valence-corrected chi connectivity index (χ3v) is 4.67. The molecule has 26 heavy (non-hydrogen) atoms. The third-order valence-electron chi connectivity index (χ3n) is 4.44. The summed E-state index contributed by atoms with van der Waals surface area (Å²) in [5.74, 6) is -0.484. The summed E-state index contributed by atoms with van der Waals surface area (Å²) < 4.78 is 10.5. The molecule has 0 saturated carbocycles. The Labute approximate surface area is 155 Å². The molecular weight excluding hydrogens is 358 g/mol. The molecule has 1 aliphatic rings. The van der Waals surface area contributed by atoms with Crippen molar-refractivity contribution in [3.63, 3.8) is 0 Å². The number of hydrogen-bond donors (Lipinski definition) is 0. The molecule has 0 radical (unpaired) electrons. The van der Waals surface area contributed by atoms with E-state index in [9.17, 15) is 14.4 Å². The molecule has 138 valence electrons. The first-order valence-corrected chi connectivity index (χ1v) is 8.89. The molecule has 2 heterocycles. The Balaban J connectivity index is 1.68. The van der Waals surface area contributed by atoms with Crippen LogP contribution in [0.25, 0.3) is 11.0 Å². The van der Waals surface area contributed by atoms with Gasteiger partial charge in [-0.05, 0) is 36.5 Å². The molecule has 1 aromatic carbocycles. The van der Waals surface area contributed by atoms with E-state index in [4.69, 9.17) is 20.8 Å². The summed E-state index contributed by atoms with van der Waals surface area (Å²) >= 11 is 5.86. The molecule has 0 N–H and O–H groups in total. The number of hydrogen-bond acceptors (Lipinski definition) is 5. The van der Waals surface area contributed by atoms with Crippen LogP contribution in [0.15, 0.2) is 33.5 Å². The van der Waals surface area contributed by atoms with Crippen LogP contribution in [-0.2, 0) is 9.53 Å². The maximum Gasteiger partial charge on any atom is 0.374 e. The lowest BCUT2D eigenvalue weighted by atomic mass is 9.92. The fraction of sp³-hybridized carbons (Fsp3) is 0.421. The van der Waals surface area contributed by atoms with Crippen LogP contribution in [0.4, 0.5) is 0 Å². The minimum atomic E-state index is -0.842. The molecule has 2 aromatic rings. The first-order chi connectivity index (χ1) is 12.3. The van der Waals surface area contributed by atoms with E-state index in [2.05, 4.69) is 13.8 Å². The van der Waals surface area contributed by atoms with Gasteiger partial charge in [0.15, 0.2) is 12.0 Å². The minimum Gasteiger partial charge on any atom is -0.450 e. The molecule has 1 fully saturated rings. The normalized spacial score (nSPS) is 20.2. The van der Waals surface area contributed by atoms with Crippen molar-refractivity contribution in [1.82, 2.24) is 4.90 Å². The predicted molar refractivity (Wildman–Crippen MR) is 97.3 cm³/mol. The number of benzene rings is 1. The summed E-state index contributed by atoms with van der Waals surface area (Å²) in [6.45, 7) is 5.13. The van der Waals surface area contributed by atoms with Crippen LogP contribution in [0.3, 0.4) is 0 Å². The molecule has 3 rings (SSSR count). The molecule has 6 nitrogen and oxygen atoms in total. The number of amides is 1. The van der Waals surface area contributed by atoms with E-state index in [1.165, 1.54) is 12.1 Å². The van der Waals surface area contributed by atoms with Crippen molar-refractivity contribution in [2.24, 2.45) is 11.8 Å². The molecule has 0 unspecified atom stereocenters. The Morgan fingerprint density at radius 3 is 2.62 bits per heavy atom. The summed E-state index contributed by atoms with van der Waals surface area (Å²) in [6.07, 6.45) is 1.08. The smallest absolute Gasteiger partial charge is 0.374 e. The molecule has 1 aliphatic heterocycles. The number of ether oxygens (including phenoxy) is 1. The number of esters is 1. The van der Waals surface area contributed by atoms with Crippen LogP contribution in [0.5, 0.6) is 0 Å². The van der Waals surface area contributed by atoms with Gasteiger partial charge in [-0.3, -0.25) is 9.59 Å². The van der Waals surface area contributed by atoms with E-state index in [-0.39, 0.29) is 29.2 Å². The first-order valence-electron chi connectivity index (χ1n) is 8.52. The van der Waals surface area contributed by atoms with Gasteiger partial charge in [-0.1, -0.05) is 25.4 Å². The van der Waals surface area contributed by atoms with Crippen molar-refractivity contribution in [1.29, 1.82) is 0 Å². The van der Waals surface area contributed by atoms with Gasteiger partial charge in [-0.2, -0.15) is 0 Å². The SMILES string of the molecule is C[C@@H]1C[C@@H](C)CN(C(=O)COC(=O)c2cc(=O)c3cc(Cl)ccc3o2)C1. The molecule has 1 saturated heterocycles. The number of nitrogens with zero attached hydrogens (tertiary/aromatic N) is 1. The summed E-state index contributed by atoms with van der Waals surface area (Å²) in [5, 5.41) is 0.678. The second-order valence-electron chi connectivity index (χ2n) is 6.94. The van der Waals surface area contributed by atoms with Crippen LogP contribution in [0.2, 0.25) is 5.02 Å². The Morgan fingerprint density at radius 1 is 1.23 bits per heavy atom. The molecular formula is C19H20ClNO5. The average molecular weight is 378 g/mol. The van der Waals surface area contributed by atoms with Crippen LogP contribution in [-0.4, -0.2) is 36.5 Å². The van der Waals surface area contributed by atoms with Crippen molar-refractivity contribution >= 4 is 34.4 Å². The van der Waals surface area contributed by atoms with Gasteiger partial charge in [0.05, 0.1) is 5.39 Å². The molecule has 0 aliphatic carbocycles. The van der Waals surface area contributed by atoms with Crippen molar-refractivity contribution in [3.05, 3.63) is 45.3 Å². The fourth-order valence-corrected chi connectivity index (χ4v) is 3.56. The zero-order chi connectivity index (χ0) is 18.8. The Hall–Kier alpha value is -2.34. The lowest BCUT2D eigenvalue weighted by Gasteiger charge is -2.34.